The van der Waals surface area contributed by atoms with Gasteiger partial charge in [-0.25, -0.2) is 0 Å². The van der Waals surface area contributed by atoms with Gasteiger partial charge in [0.1, 0.15) is 6.04 Å². The van der Waals surface area contributed by atoms with Crippen molar-refractivity contribution in [3.05, 3.63) is 71.8 Å². The minimum absolute atomic E-state index is 0.0225. The van der Waals surface area contributed by atoms with Crippen LogP contribution in [0, 0.1) is 5.92 Å². The van der Waals surface area contributed by atoms with Crippen molar-refractivity contribution >= 4 is 11.7 Å². The van der Waals surface area contributed by atoms with Gasteiger partial charge in [0.2, 0.25) is 0 Å². The lowest BCUT2D eigenvalue weighted by Crippen LogP contribution is -2.88. The molecule has 0 aromatic heterocycles. The zero-order valence-corrected chi connectivity index (χ0v) is 15.8. The Labute approximate surface area is 156 Å². The first-order valence-electron chi connectivity index (χ1n) is 9.19. The van der Waals surface area contributed by atoms with Crippen LogP contribution in [-0.4, -0.2) is 24.3 Å². The Morgan fingerprint density at radius 2 is 1.54 bits per heavy atom. The van der Waals surface area contributed by atoms with E-state index in [0.29, 0.717) is 18.9 Å². The Kier molecular flexibility index (Phi) is 7.54. The molecule has 0 heterocycles. The van der Waals surface area contributed by atoms with Crippen LogP contribution >= 0.6 is 0 Å². The maximum atomic E-state index is 12.4. The van der Waals surface area contributed by atoms with E-state index in [0.717, 1.165) is 5.56 Å². The first-order valence-corrected chi connectivity index (χ1v) is 9.19. The third kappa shape index (κ3) is 6.12. The van der Waals surface area contributed by atoms with E-state index in [2.05, 4.69) is 36.6 Å². The second-order valence-electron chi connectivity index (χ2n) is 7.04. The number of carbonyl (C=O) groups excluding carboxylic acids is 2. The predicted octanol–water partition coefficient (Wildman–Crippen LogP) is 2.26. The fraction of sp³-hybridized carbons (Fsp3) is 0.364. The van der Waals surface area contributed by atoms with E-state index in [1.807, 2.05) is 48.5 Å². The molecule has 0 aliphatic rings. The van der Waals surface area contributed by atoms with E-state index < -0.39 is 6.04 Å². The minimum Gasteiger partial charge on any atom is -0.341 e. The maximum absolute atomic E-state index is 12.4. The van der Waals surface area contributed by atoms with Gasteiger partial charge in [0, 0.05) is 11.5 Å². The van der Waals surface area contributed by atoms with E-state index in [1.165, 1.54) is 12.5 Å². The molecule has 26 heavy (non-hydrogen) atoms. The summed E-state index contributed by atoms with van der Waals surface area (Å²) in [5.41, 5.74) is 2.25. The van der Waals surface area contributed by atoms with Gasteiger partial charge >= 0.3 is 0 Å². The number of amides is 1. The number of hydrogen-bond acceptors (Lipinski definition) is 2. The molecule has 138 valence electrons. The van der Waals surface area contributed by atoms with Gasteiger partial charge in [-0.2, -0.15) is 0 Å². The number of Topliss-reactive ketones (excluding diaryl/α,β-unsaturated/α-hetero) is 1. The SMILES string of the molecule is CC(=O)[C@@H](Cc1ccccc1)NC(=O)C[NH2+][C@H](c1ccccc1)C(C)C. The largest absolute Gasteiger partial charge is 0.341 e. The molecule has 2 atom stereocenters. The molecule has 1 amide bonds. The Morgan fingerprint density at radius 3 is 2.08 bits per heavy atom. The molecule has 4 nitrogen and oxygen atoms in total. The molecule has 0 unspecified atom stereocenters. The summed E-state index contributed by atoms with van der Waals surface area (Å²) in [4.78, 5) is 24.3. The number of hydrogen-bond donors (Lipinski definition) is 2. The van der Waals surface area contributed by atoms with E-state index in [-0.39, 0.29) is 17.7 Å². The average molecular weight is 353 g/mol. The fourth-order valence-electron chi connectivity index (χ4n) is 3.10. The summed E-state index contributed by atoms with van der Waals surface area (Å²) in [5, 5.41) is 4.94. The molecular weight excluding hydrogens is 324 g/mol. The van der Waals surface area contributed by atoms with Crippen LogP contribution in [0.4, 0.5) is 0 Å². The summed E-state index contributed by atoms with van der Waals surface area (Å²) >= 11 is 0. The number of benzene rings is 2. The summed E-state index contributed by atoms with van der Waals surface area (Å²) in [7, 11) is 0. The molecule has 0 spiro atoms. The Bertz CT molecular complexity index is 699. The van der Waals surface area contributed by atoms with Gasteiger partial charge in [-0.15, -0.1) is 0 Å². The van der Waals surface area contributed by atoms with Crippen LogP contribution in [-0.2, 0) is 16.0 Å². The highest BCUT2D eigenvalue weighted by atomic mass is 16.2. The predicted molar refractivity (Wildman–Crippen MR) is 104 cm³/mol. The van der Waals surface area contributed by atoms with Crippen molar-refractivity contribution in [1.29, 1.82) is 0 Å². The summed E-state index contributed by atoms with van der Waals surface area (Å²) < 4.78 is 0. The van der Waals surface area contributed by atoms with Crippen LogP contribution < -0.4 is 10.6 Å². The van der Waals surface area contributed by atoms with Gasteiger partial charge in [0.25, 0.3) is 5.91 Å². The summed E-state index contributed by atoms with van der Waals surface area (Å²) in [5.74, 6) is 0.270. The maximum Gasteiger partial charge on any atom is 0.275 e. The minimum atomic E-state index is -0.479. The normalized spacial score (nSPS) is 13.2. The molecule has 0 fully saturated rings. The van der Waals surface area contributed by atoms with Crippen molar-refractivity contribution in [2.24, 2.45) is 5.92 Å². The Hall–Kier alpha value is -2.46. The van der Waals surface area contributed by atoms with E-state index >= 15 is 0 Å². The molecule has 0 aliphatic carbocycles. The lowest BCUT2D eigenvalue weighted by molar-refractivity contribution is -0.692. The molecule has 2 aromatic rings. The quantitative estimate of drug-likeness (QED) is 0.726. The summed E-state index contributed by atoms with van der Waals surface area (Å²) in [6, 6.07) is 19.7. The number of rotatable bonds is 9. The summed E-state index contributed by atoms with van der Waals surface area (Å²) in [6.45, 7) is 6.13. The van der Waals surface area contributed by atoms with Crippen LogP contribution in [0.2, 0.25) is 0 Å². The van der Waals surface area contributed by atoms with Crippen molar-refractivity contribution in [1.82, 2.24) is 5.32 Å². The second-order valence-corrected chi connectivity index (χ2v) is 7.04. The van der Waals surface area contributed by atoms with E-state index in [9.17, 15) is 9.59 Å². The van der Waals surface area contributed by atoms with Crippen LogP contribution in [0.5, 0.6) is 0 Å². The highest BCUT2D eigenvalue weighted by Crippen LogP contribution is 2.16. The van der Waals surface area contributed by atoms with Crippen LogP contribution in [0.3, 0.4) is 0 Å². The van der Waals surface area contributed by atoms with Crippen LogP contribution in [0.15, 0.2) is 60.7 Å². The van der Waals surface area contributed by atoms with Crippen molar-refractivity contribution in [3.63, 3.8) is 0 Å². The average Bonchev–Trinajstić information content (AvgIpc) is 2.62. The van der Waals surface area contributed by atoms with Crippen LogP contribution in [0.1, 0.15) is 37.9 Å². The van der Waals surface area contributed by atoms with E-state index in [1.54, 1.807) is 0 Å². The van der Waals surface area contributed by atoms with Gasteiger partial charge in [0.05, 0.1) is 6.04 Å². The van der Waals surface area contributed by atoms with Gasteiger partial charge in [-0.1, -0.05) is 74.5 Å². The molecule has 2 aromatic carbocycles. The summed E-state index contributed by atoms with van der Waals surface area (Å²) in [6.07, 6.45) is 0.522. The molecule has 0 saturated carbocycles. The van der Waals surface area contributed by atoms with Gasteiger partial charge in [-0.05, 0) is 18.9 Å². The van der Waals surface area contributed by atoms with Crippen molar-refractivity contribution in [2.45, 2.75) is 39.3 Å². The van der Waals surface area contributed by atoms with E-state index in [4.69, 9.17) is 0 Å². The lowest BCUT2D eigenvalue weighted by atomic mass is 9.96. The fourth-order valence-corrected chi connectivity index (χ4v) is 3.10. The first-order chi connectivity index (χ1) is 12.5. The third-order valence-electron chi connectivity index (χ3n) is 4.57. The number of quaternary nitrogens is 1. The highest BCUT2D eigenvalue weighted by Gasteiger charge is 2.22. The molecule has 2 rings (SSSR count). The van der Waals surface area contributed by atoms with Crippen molar-refractivity contribution < 1.29 is 14.9 Å². The number of carbonyl (C=O) groups is 2. The standard InChI is InChI=1S/C22H28N2O2/c1-16(2)22(19-12-8-5-9-13-19)23-15-21(26)24-20(17(3)25)14-18-10-6-4-7-11-18/h4-13,16,20,22-23H,14-15H2,1-3H3,(H,24,26)/p+1/t20-,22+/m1/s1. The van der Waals surface area contributed by atoms with Gasteiger partial charge < -0.3 is 10.6 Å². The monoisotopic (exact) mass is 353 g/mol. The Balaban J connectivity index is 1.93. The molecule has 3 N–H and O–H groups in total. The second kappa shape index (κ2) is 9.88. The zero-order chi connectivity index (χ0) is 18.9. The molecule has 4 heteroatoms. The Morgan fingerprint density at radius 1 is 0.962 bits per heavy atom. The molecule has 0 saturated heterocycles. The number of nitrogens with one attached hydrogen (secondary N) is 1. The van der Waals surface area contributed by atoms with Crippen molar-refractivity contribution in [2.75, 3.05) is 6.54 Å². The number of nitrogens with two attached hydrogens (primary N) is 1. The van der Waals surface area contributed by atoms with Gasteiger partial charge in [0.15, 0.2) is 12.3 Å². The molecule has 0 aliphatic heterocycles. The smallest absolute Gasteiger partial charge is 0.275 e. The van der Waals surface area contributed by atoms with Crippen molar-refractivity contribution in [3.8, 4) is 0 Å². The number of ketones is 1. The molecular formula is C22H29N2O2+. The highest BCUT2D eigenvalue weighted by molar-refractivity contribution is 5.88. The zero-order valence-electron chi connectivity index (χ0n) is 15.8. The molecule has 0 radical (unpaired) electrons. The molecule has 0 bridgehead atoms. The topological polar surface area (TPSA) is 62.8 Å². The van der Waals surface area contributed by atoms with Gasteiger partial charge in [-0.3, -0.25) is 9.59 Å². The first kappa shape index (κ1) is 19.9. The van der Waals surface area contributed by atoms with Crippen LogP contribution in [0.25, 0.3) is 0 Å². The third-order valence-corrected chi connectivity index (χ3v) is 4.57. The lowest BCUT2D eigenvalue weighted by Gasteiger charge is -2.20.